The zero-order valence-corrected chi connectivity index (χ0v) is 15.6. The number of hydrogen-bond donors (Lipinski definition) is 1. The first-order chi connectivity index (χ1) is 13.2. The molecule has 1 aliphatic rings. The van der Waals surface area contributed by atoms with Crippen molar-refractivity contribution in [3.05, 3.63) is 71.8 Å². The average molecular weight is 365 g/mol. The first kappa shape index (κ1) is 19.2. The number of benzene rings is 2. The van der Waals surface area contributed by atoms with Crippen LogP contribution in [0.2, 0.25) is 0 Å². The summed E-state index contributed by atoms with van der Waals surface area (Å²) in [5, 5.41) is 8.86. The van der Waals surface area contributed by atoms with E-state index in [1.54, 1.807) is 0 Å². The number of carboxylic acid groups (broad SMARTS) is 1. The molecule has 0 saturated carbocycles. The zero-order valence-electron chi connectivity index (χ0n) is 15.6. The highest BCUT2D eigenvalue weighted by Crippen LogP contribution is 2.18. The molecule has 27 heavy (non-hydrogen) atoms. The van der Waals surface area contributed by atoms with Crippen LogP contribution >= 0.6 is 0 Å². The molecule has 2 aromatic carbocycles. The molecule has 2 unspecified atom stereocenters. The maximum atomic E-state index is 10.8. The Balaban J connectivity index is 1.28. The van der Waals surface area contributed by atoms with Crippen molar-refractivity contribution < 1.29 is 14.6 Å². The van der Waals surface area contributed by atoms with E-state index >= 15 is 0 Å². The number of hydrogen-bond acceptors (Lipinski definition) is 3. The smallest absolute Gasteiger partial charge is 0.322 e. The van der Waals surface area contributed by atoms with Crippen LogP contribution in [0.5, 0.6) is 5.75 Å². The Kier molecular flexibility index (Phi) is 7.05. The number of carboxylic acids is 1. The van der Waals surface area contributed by atoms with Crippen LogP contribution in [0, 0.1) is 0 Å². The van der Waals surface area contributed by atoms with Crippen molar-refractivity contribution in [3.63, 3.8) is 0 Å². The van der Waals surface area contributed by atoms with Gasteiger partial charge in [-0.1, -0.05) is 54.6 Å². The molecule has 0 aromatic heterocycles. The third kappa shape index (κ3) is 6.57. The van der Waals surface area contributed by atoms with E-state index in [4.69, 9.17) is 9.84 Å². The molecule has 142 valence electrons. The molecule has 0 radical (unpaired) electrons. The van der Waals surface area contributed by atoms with E-state index in [0.717, 1.165) is 30.8 Å². The molecule has 0 aliphatic carbocycles. The van der Waals surface area contributed by atoms with E-state index in [9.17, 15) is 4.79 Å². The largest absolute Gasteiger partial charge is 0.494 e. The number of carbonyl (C=O) groups is 1. The quantitative estimate of drug-likeness (QED) is 0.477. The van der Waals surface area contributed by atoms with E-state index in [-0.39, 0.29) is 6.04 Å². The van der Waals surface area contributed by atoms with Gasteiger partial charge in [0.15, 0.2) is 0 Å². The highest BCUT2D eigenvalue weighted by atomic mass is 16.5. The number of nitrogens with zero attached hydrogens (tertiary/aromatic N) is 1. The second-order valence-electron chi connectivity index (χ2n) is 6.92. The molecule has 0 amide bonds. The van der Waals surface area contributed by atoms with Gasteiger partial charge in [-0.05, 0) is 48.9 Å². The lowest BCUT2D eigenvalue weighted by molar-refractivity contribution is -0.137. The standard InChI is InChI=1S/C23H27NO3/c25-23(26)22-18-24(22)16-7-11-20-12-14-21(15-13-20)27-17-6-2-5-10-19-8-3-1-4-9-19/h1,3-4,7-9,11-15,22H,2,5-6,10,16-18H2,(H,25,26). The number of unbranched alkanes of at least 4 members (excludes halogenated alkanes) is 2. The van der Waals surface area contributed by atoms with Gasteiger partial charge in [-0.25, -0.2) is 0 Å². The Morgan fingerprint density at radius 1 is 1.07 bits per heavy atom. The summed E-state index contributed by atoms with van der Waals surface area (Å²) in [4.78, 5) is 12.7. The van der Waals surface area contributed by atoms with Crippen molar-refractivity contribution in [2.45, 2.75) is 31.7 Å². The summed E-state index contributed by atoms with van der Waals surface area (Å²) < 4.78 is 5.81. The van der Waals surface area contributed by atoms with Gasteiger partial charge in [0.05, 0.1) is 6.61 Å². The monoisotopic (exact) mass is 365 g/mol. The third-order valence-electron chi connectivity index (χ3n) is 4.75. The van der Waals surface area contributed by atoms with Crippen molar-refractivity contribution in [2.75, 3.05) is 19.7 Å². The molecule has 1 heterocycles. The Morgan fingerprint density at radius 2 is 1.85 bits per heavy atom. The van der Waals surface area contributed by atoms with Gasteiger partial charge in [0.1, 0.15) is 11.8 Å². The molecule has 0 bridgehead atoms. The summed E-state index contributed by atoms with van der Waals surface area (Å²) in [5.74, 6) is 0.164. The van der Waals surface area contributed by atoms with Gasteiger partial charge < -0.3 is 9.84 Å². The van der Waals surface area contributed by atoms with Crippen molar-refractivity contribution in [1.82, 2.24) is 4.90 Å². The Bertz CT molecular complexity index is 740. The van der Waals surface area contributed by atoms with Crippen LogP contribution in [0.1, 0.15) is 30.4 Å². The van der Waals surface area contributed by atoms with Crippen LogP contribution in [-0.2, 0) is 11.2 Å². The predicted octanol–water partition coefficient (Wildman–Crippen LogP) is 4.26. The molecule has 4 heteroatoms. The van der Waals surface area contributed by atoms with E-state index in [2.05, 4.69) is 30.3 Å². The summed E-state index contributed by atoms with van der Waals surface area (Å²) in [6.45, 7) is 2.07. The molecule has 1 aliphatic heterocycles. The van der Waals surface area contributed by atoms with Crippen molar-refractivity contribution in [1.29, 1.82) is 0 Å². The minimum Gasteiger partial charge on any atom is -0.494 e. The molecule has 1 fully saturated rings. The minimum absolute atomic E-state index is 0.293. The molecule has 4 nitrogen and oxygen atoms in total. The SMILES string of the molecule is O=C(O)C1CN1CC=Cc1ccc(OCCCCCc2ccccc2)cc1. The second kappa shape index (κ2) is 9.93. The minimum atomic E-state index is -0.732. The van der Waals surface area contributed by atoms with Gasteiger partial charge in [-0.2, -0.15) is 0 Å². The second-order valence-corrected chi connectivity index (χ2v) is 6.92. The van der Waals surface area contributed by atoms with E-state index in [0.29, 0.717) is 13.1 Å². The Hall–Kier alpha value is -2.59. The van der Waals surface area contributed by atoms with Crippen LogP contribution in [0.3, 0.4) is 0 Å². The molecule has 1 saturated heterocycles. The fourth-order valence-electron chi connectivity index (χ4n) is 3.05. The van der Waals surface area contributed by atoms with Gasteiger partial charge in [-0.3, -0.25) is 9.69 Å². The summed E-state index contributed by atoms with van der Waals surface area (Å²) in [5.41, 5.74) is 2.50. The summed E-state index contributed by atoms with van der Waals surface area (Å²) in [6, 6.07) is 18.3. The molecule has 1 N–H and O–H groups in total. The highest BCUT2D eigenvalue weighted by Gasteiger charge is 2.39. The molecule has 2 aromatic rings. The van der Waals surface area contributed by atoms with Gasteiger partial charge in [-0.15, -0.1) is 0 Å². The molecule has 2 atom stereocenters. The number of aliphatic carboxylic acids is 1. The normalized spacial score (nSPS) is 18.5. The molecule has 3 rings (SSSR count). The molecular formula is C23H27NO3. The van der Waals surface area contributed by atoms with Gasteiger partial charge >= 0.3 is 5.97 Å². The number of ether oxygens (including phenoxy) is 1. The number of aryl methyl sites for hydroxylation is 1. The number of rotatable bonds is 11. The predicted molar refractivity (Wildman–Crippen MR) is 108 cm³/mol. The lowest BCUT2D eigenvalue weighted by Crippen LogP contribution is -2.11. The van der Waals surface area contributed by atoms with Crippen molar-refractivity contribution in [3.8, 4) is 5.75 Å². The summed E-state index contributed by atoms with van der Waals surface area (Å²) in [6.07, 6.45) is 8.58. The first-order valence-electron chi connectivity index (χ1n) is 9.62. The van der Waals surface area contributed by atoms with Gasteiger partial charge in [0, 0.05) is 13.1 Å². The van der Waals surface area contributed by atoms with Gasteiger partial charge in [0.2, 0.25) is 0 Å². The van der Waals surface area contributed by atoms with E-state index in [1.807, 2.05) is 41.3 Å². The van der Waals surface area contributed by atoms with Crippen LogP contribution in [0.4, 0.5) is 0 Å². The van der Waals surface area contributed by atoms with E-state index < -0.39 is 5.97 Å². The highest BCUT2D eigenvalue weighted by molar-refractivity contribution is 5.77. The molecular weight excluding hydrogens is 338 g/mol. The fourth-order valence-corrected chi connectivity index (χ4v) is 3.05. The average Bonchev–Trinajstić information content (AvgIpc) is 3.46. The lowest BCUT2D eigenvalue weighted by Gasteiger charge is -2.06. The van der Waals surface area contributed by atoms with E-state index in [1.165, 1.54) is 18.4 Å². The van der Waals surface area contributed by atoms with Crippen LogP contribution in [0.15, 0.2) is 60.7 Å². The first-order valence-corrected chi connectivity index (χ1v) is 9.62. The summed E-state index contributed by atoms with van der Waals surface area (Å²) in [7, 11) is 0. The van der Waals surface area contributed by atoms with Gasteiger partial charge in [0.25, 0.3) is 0 Å². The van der Waals surface area contributed by atoms with Crippen LogP contribution < -0.4 is 4.74 Å². The van der Waals surface area contributed by atoms with Crippen LogP contribution in [-0.4, -0.2) is 41.7 Å². The van der Waals surface area contributed by atoms with Crippen molar-refractivity contribution >= 4 is 12.0 Å². The Labute approximate surface area is 161 Å². The topological polar surface area (TPSA) is 49.5 Å². The molecule has 0 spiro atoms. The summed E-state index contributed by atoms with van der Waals surface area (Å²) >= 11 is 0. The fraction of sp³-hybridized carbons (Fsp3) is 0.348. The third-order valence-corrected chi connectivity index (χ3v) is 4.75. The maximum Gasteiger partial charge on any atom is 0.322 e. The maximum absolute atomic E-state index is 10.8. The lowest BCUT2D eigenvalue weighted by atomic mass is 10.1. The Morgan fingerprint density at radius 3 is 2.56 bits per heavy atom. The van der Waals surface area contributed by atoms with Crippen LogP contribution in [0.25, 0.3) is 6.08 Å². The zero-order chi connectivity index (χ0) is 18.9. The van der Waals surface area contributed by atoms with Crippen molar-refractivity contribution in [2.24, 2.45) is 0 Å².